The van der Waals surface area contributed by atoms with Crippen molar-refractivity contribution in [3.63, 3.8) is 0 Å². The van der Waals surface area contributed by atoms with Crippen LogP contribution in [0.15, 0.2) is 0 Å². The first kappa shape index (κ1) is 10.5. The maximum absolute atomic E-state index is 2.41. The summed E-state index contributed by atoms with van der Waals surface area (Å²) >= 11 is 0. The Morgan fingerprint density at radius 2 is 1.50 bits per heavy atom. The van der Waals surface area contributed by atoms with E-state index >= 15 is 0 Å². The van der Waals surface area contributed by atoms with Crippen LogP contribution < -0.4 is 0 Å². The van der Waals surface area contributed by atoms with Crippen LogP contribution in [-0.2, 0) is 0 Å². The van der Waals surface area contributed by atoms with Crippen LogP contribution >= 0.6 is 0 Å². The molecule has 0 amide bonds. The summed E-state index contributed by atoms with van der Waals surface area (Å²) in [4.78, 5) is 0. The van der Waals surface area contributed by atoms with E-state index < -0.39 is 0 Å². The normalized spacial score (nSPS) is 42.4. The maximum atomic E-state index is 2.41. The molecule has 2 saturated carbocycles. The molecule has 2 aliphatic carbocycles. The van der Waals surface area contributed by atoms with Gasteiger partial charge in [-0.3, -0.25) is 0 Å². The van der Waals surface area contributed by atoms with Gasteiger partial charge in [-0.15, -0.1) is 0 Å². The van der Waals surface area contributed by atoms with Crippen LogP contribution in [0.2, 0.25) is 0 Å². The van der Waals surface area contributed by atoms with E-state index in [2.05, 4.69) is 27.7 Å². The summed E-state index contributed by atoms with van der Waals surface area (Å²) in [7, 11) is 0. The molecule has 0 nitrogen and oxygen atoms in total. The molecule has 2 atom stereocenters. The monoisotopic (exact) mass is 194 g/mol. The lowest BCUT2D eigenvalue weighted by Crippen LogP contribution is -2.42. The Labute approximate surface area is 89.5 Å². The molecular formula is C14H26. The van der Waals surface area contributed by atoms with Gasteiger partial charge in [-0.25, -0.2) is 0 Å². The highest BCUT2D eigenvalue weighted by molar-refractivity contribution is 4.94. The van der Waals surface area contributed by atoms with Crippen molar-refractivity contribution in [2.45, 2.75) is 53.4 Å². The van der Waals surface area contributed by atoms with Crippen molar-refractivity contribution >= 4 is 0 Å². The predicted molar refractivity (Wildman–Crippen MR) is 62.1 cm³/mol. The van der Waals surface area contributed by atoms with Crippen LogP contribution in [0.3, 0.4) is 0 Å². The van der Waals surface area contributed by atoms with E-state index in [0.29, 0.717) is 0 Å². The molecule has 0 aliphatic heterocycles. The first-order valence-electron chi connectivity index (χ1n) is 6.59. The lowest BCUT2D eigenvalue weighted by molar-refractivity contribution is -0.0138. The molecule has 0 N–H and O–H groups in total. The predicted octanol–water partition coefficient (Wildman–Crippen LogP) is 4.35. The van der Waals surface area contributed by atoms with Crippen molar-refractivity contribution in [2.75, 3.05) is 0 Å². The van der Waals surface area contributed by atoms with E-state index in [9.17, 15) is 0 Å². The molecule has 0 heterocycles. The standard InChI is InChI=1S/C14H26/c1-9(2)11-7-12(8-11)14-6-5-13(14)10(3)4/h9-14H,5-8H2,1-4H3. The molecule has 0 radical (unpaired) electrons. The van der Waals surface area contributed by atoms with Gasteiger partial charge in [0.15, 0.2) is 0 Å². The molecule has 2 unspecified atom stereocenters. The molecule has 0 saturated heterocycles. The average Bonchev–Trinajstić information content (AvgIpc) is 1.90. The van der Waals surface area contributed by atoms with Crippen molar-refractivity contribution in [3.8, 4) is 0 Å². The molecule has 0 bridgehead atoms. The zero-order valence-electron chi connectivity index (χ0n) is 10.3. The number of hydrogen-bond acceptors (Lipinski definition) is 0. The van der Waals surface area contributed by atoms with Gasteiger partial charge < -0.3 is 0 Å². The fraction of sp³-hybridized carbons (Fsp3) is 1.00. The fourth-order valence-electron chi connectivity index (χ4n) is 3.57. The Morgan fingerprint density at radius 1 is 0.857 bits per heavy atom. The zero-order valence-corrected chi connectivity index (χ0v) is 10.3. The second-order valence-electron chi connectivity index (χ2n) is 6.38. The van der Waals surface area contributed by atoms with E-state index in [1.165, 1.54) is 6.42 Å². The molecule has 82 valence electrons. The van der Waals surface area contributed by atoms with Gasteiger partial charge in [0.1, 0.15) is 0 Å². The van der Waals surface area contributed by atoms with Crippen molar-refractivity contribution in [3.05, 3.63) is 0 Å². The highest BCUT2D eigenvalue weighted by Gasteiger charge is 2.44. The highest BCUT2D eigenvalue weighted by Crippen LogP contribution is 2.53. The van der Waals surface area contributed by atoms with Gasteiger partial charge in [0.2, 0.25) is 0 Å². The Morgan fingerprint density at radius 3 is 1.86 bits per heavy atom. The quantitative estimate of drug-likeness (QED) is 0.626. The minimum absolute atomic E-state index is 0.934. The Kier molecular flexibility index (Phi) is 2.91. The molecule has 2 aliphatic rings. The third-order valence-electron chi connectivity index (χ3n) is 5.00. The third-order valence-corrected chi connectivity index (χ3v) is 5.00. The Balaban J connectivity index is 1.77. The van der Waals surface area contributed by atoms with Gasteiger partial charge in [0.25, 0.3) is 0 Å². The first-order chi connectivity index (χ1) is 6.59. The highest BCUT2D eigenvalue weighted by atomic mass is 14.5. The van der Waals surface area contributed by atoms with Gasteiger partial charge in [-0.1, -0.05) is 27.7 Å². The summed E-state index contributed by atoms with van der Waals surface area (Å²) in [6.07, 6.45) is 6.15. The molecular weight excluding hydrogens is 168 g/mol. The SMILES string of the molecule is CC(C)C1CC(C2CCC2C(C)C)C1. The molecule has 0 aromatic rings. The minimum Gasteiger partial charge on any atom is -0.0625 e. The topological polar surface area (TPSA) is 0 Å². The van der Waals surface area contributed by atoms with Crippen molar-refractivity contribution < 1.29 is 0 Å². The molecule has 2 fully saturated rings. The number of hydrogen-bond donors (Lipinski definition) is 0. The van der Waals surface area contributed by atoms with E-state index in [1.54, 1.807) is 19.3 Å². The van der Waals surface area contributed by atoms with Gasteiger partial charge in [-0.2, -0.15) is 0 Å². The lowest BCUT2D eigenvalue weighted by atomic mass is 9.54. The van der Waals surface area contributed by atoms with E-state index in [4.69, 9.17) is 0 Å². The van der Waals surface area contributed by atoms with E-state index in [0.717, 1.165) is 35.5 Å². The van der Waals surface area contributed by atoms with Crippen LogP contribution in [0.25, 0.3) is 0 Å². The molecule has 14 heavy (non-hydrogen) atoms. The number of rotatable bonds is 3. The van der Waals surface area contributed by atoms with Crippen LogP contribution in [-0.4, -0.2) is 0 Å². The Hall–Kier alpha value is 0. The van der Waals surface area contributed by atoms with Gasteiger partial charge >= 0.3 is 0 Å². The first-order valence-corrected chi connectivity index (χ1v) is 6.59. The minimum atomic E-state index is 0.934. The van der Waals surface area contributed by atoms with Crippen LogP contribution in [0.1, 0.15) is 53.4 Å². The maximum Gasteiger partial charge on any atom is -0.0355 e. The van der Waals surface area contributed by atoms with E-state index in [1.807, 2.05) is 0 Å². The molecule has 0 aromatic heterocycles. The van der Waals surface area contributed by atoms with Crippen molar-refractivity contribution in [2.24, 2.45) is 35.5 Å². The summed E-state index contributed by atoms with van der Waals surface area (Å²) < 4.78 is 0. The molecule has 0 spiro atoms. The van der Waals surface area contributed by atoms with Crippen LogP contribution in [0, 0.1) is 35.5 Å². The second kappa shape index (κ2) is 3.87. The largest absolute Gasteiger partial charge is 0.0625 e. The Bertz CT molecular complexity index is 186. The zero-order chi connectivity index (χ0) is 10.3. The summed E-state index contributed by atoms with van der Waals surface area (Å²) in [6.45, 7) is 9.61. The van der Waals surface area contributed by atoms with Crippen molar-refractivity contribution in [1.29, 1.82) is 0 Å². The molecule has 0 aromatic carbocycles. The fourth-order valence-corrected chi connectivity index (χ4v) is 3.57. The lowest BCUT2D eigenvalue weighted by Gasteiger charge is -2.51. The molecule has 0 heteroatoms. The van der Waals surface area contributed by atoms with Crippen LogP contribution in [0.4, 0.5) is 0 Å². The third kappa shape index (κ3) is 1.73. The summed E-state index contributed by atoms with van der Waals surface area (Å²) in [5.41, 5.74) is 0. The summed E-state index contributed by atoms with van der Waals surface area (Å²) in [5.74, 6) is 6.24. The second-order valence-corrected chi connectivity index (χ2v) is 6.38. The average molecular weight is 194 g/mol. The summed E-state index contributed by atoms with van der Waals surface area (Å²) in [5, 5.41) is 0. The summed E-state index contributed by atoms with van der Waals surface area (Å²) in [6, 6.07) is 0. The van der Waals surface area contributed by atoms with Gasteiger partial charge in [-0.05, 0) is 61.2 Å². The van der Waals surface area contributed by atoms with E-state index in [-0.39, 0.29) is 0 Å². The van der Waals surface area contributed by atoms with Crippen molar-refractivity contribution in [1.82, 2.24) is 0 Å². The van der Waals surface area contributed by atoms with Gasteiger partial charge in [0, 0.05) is 0 Å². The van der Waals surface area contributed by atoms with Gasteiger partial charge in [0.05, 0.1) is 0 Å². The smallest absolute Gasteiger partial charge is 0.0355 e. The molecule has 2 rings (SSSR count). The van der Waals surface area contributed by atoms with Crippen LogP contribution in [0.5, 0.6) is 0 Å².